The molecule has 0 rings (SSSR count). The predicted molar refractivity (Wildman–Crippen MR) is 159 cm³/mol. The van der Waals surface area contributed by atoms with Gasteiger partial charge in [0.05, 0.1) is 12.2 Å². The van der Waals surface area contributed by atoms with Gasteiger partial charge in [0.25, 0.3) is 11.9 Å². The summed E-state index contributed by atoms with van der Waals surface area (Å²) in [5.41, 5.74) is 0. The average Bonchev–Trinajstić information content (AvgIpc) is 2.95. The number of hydrogen-bond donors (Lipinski definition) is 5. The minimum Gasteiger partial charge on any atom is -0.400 e. The van der Waals surface area contributed by atoms with Gasteiger partial charge in [0.2, 0.25) is 0 Å². The van der Waals surface area contributed by atoms with E-state index in [0.29, 0.717) is 0 Å². The van der Waals surface area contributed by atoms with Gasteiger partial charge >= 0.3 is 18.5 Å². The van der Waals surface area contributed by atoms with E-state index in [4.69, 9.17) is 67.4 Å². The Labute approximate surface area is 358 Å². The van der Waals surface area contributed by atoms with Crippen LogP contribution in [0, 0.1) is 0 Å². The van der Waals surface area contributed by atoms with E-state index >= 15 is 0 Å². The summed E-state index contributed by atoms with van der Waals surface area (Å²) in [7, 11) is 12.0. The Morgan fingerprint density at radius 2 is 0.851 bits per heavy atom. The van der Waals surface area contributed by atoms with Crippen LogP contribution in [0.2, 0.25) is 0 Å². The first-order chi connectivity index (χ1) is 18.4. The maximum Gasteiger partial charge on any atom is 0.423 e. The number of aliphatic hydroxyl groups excluding tert-OH is 1. The summed E-state index contributed by atoms with van der Waals surface area (Å²) in [6, 6.07) is 0. The molecular weight excluding hydrogens is 867 g/mol. The normalized spacial score (nSPS) is 16.1. The van der Waals surface area contributed by atoms with Crippen molar-refractivity contribution in [2.45, 2.75) is 106 Å². The second kappa shape index (κ2) is 36.9. The van der Waals surface area contributed by atoms with Crippen molar-refractivity contribution in [3.8, 4) is 0 Å². The topological polar surface area (TPSA) is 221 Å². The second-order valence-corrected chi connectivity index (χ2v) is 7.53. The molecule has 0 aromatic heterocycles. The molecule has 18 nitrogen and oxygen atoms in total. The Kier molecular flexibility index (Phi) is 58.7. The van der Waals surface area contributed by atoms with Crippen LogP contribution in [0.4, 0.5) is 0 Å². The number of aliphatic hydroxyl groups is 5. The summed E-state index contributed by atoms with van der Waals surface area (Å²) in [6.07, 6.45) is -10.1. The van der Waals surface area contributed by atoms with Gasteiger partial charge in [-0.2, -0.15) is 0 Å². The molecule has 21 heteroatoms. The fourth-order valence-electron chi connectivity index (χ4n) is 2.23. The monoisotopic (exact) mass is 933 g/mol. The zero-order valence-corrected chi connectivity index (χ0v) is 36.0. The van der Waals surface area contributed by atoms with Crippen molar-refractivity contribution in [3.63, 3.8) is 0 Å². The van der Waals surface area contributed by atoms with Crippen molar-refractivity contribution in [3.05, 3.63) is 0 Å². The first-order valence-electron chi connectivity index (χ1n) is 11.4. The van der Waals surface area contributed by atoms with Crippen LogP contribution in [-0.4, -0.2) is 145 Å². The van der Waals surface area contributed by atoms with Gasteiger partial charge in [-0.15, -0.1) is 0 Å². The van der Waals surface area contributed by atoms with Crippen LogP contribution in [0.15, 0.2) is 0 Å². The molecule has 0 aromatic carbocycles. The molecule has 287 valence electrons. The van der Waals surface area contributed by atoms with E-state index in [0.717, 1.165) is 49.6 Å². The van der Waals surface area contributed by atoms with Crippen LogP contribution < -0.4 is 0 Å². The van der Waals surface area contributed by atoms with Crippen LogP contribution in [0.3, 0.4) is 0 Å². The van der Waals surface area contributed by atoms with E-state index in [2.05, 4.69) is 9.47 Å². The van der Waals surface area contributed by atoms with Crippen molar-refractivity contribution in [2.75, 3.05) is 71.1 Å². The Hall–Kier alpha value is 2.59. The van der Waals surface area contributed by atoms with Gasteiger partial charge < -0.3 is 68.2 Å². The maximum atomic E-state index is 10.7. The molecule has 0 saturated heterocycles. The van der Waals surface area contributed by atoms with Gasteiger partial charge in [0.15, 0.2) is 0 Å². The molecule has 5 N–H and O–H groups in total. The largest absolute Gasteiger partial charge is 0.423 e. The standard InChI is InChI=1S/C18H38O13.C3H8O4.CH4O.4CH4.3Y/c1-12(21-5)14(13(2)22-6)28-18(27-11,30-16(4,24-8)25-9)31-17(20,26-10)29-15(3,19)23-7;1-6-3(4,5)7-2;1-2;;;;;;;/h12-14,19-20H,1-11H3;4-5H,1-2H3;2H,1H3;4*1H4;;;/t12-,13+,14?,15-,17-,18?;;;;;;;;;/m0........./s1. The summed E-state index contributed by atoms with van der Waals surface area (Å²) in [5.74, 6) is -4.14. The minimum atomic E-state index is -3.00. The molecule has 0 spiro atoms. The van der Waals surface area contributed by atoms with Crippen molar-refractivity contribution in [1.82, 2.24) is 0 Å². The first-order valence-corrected chi connectivity index (χ1v) is 11.4. The van der Waals surface area contributed by atoms with Gasteiger partial charge in [-0.05, 0) is 13.8 Å². The van der Waals surface area contributed by atoms with Gasteiger partial charge in [-0.3, -0.25) is 4.74 Å². The number of hydrogen-bond acceptors (Lipinski definition) is 18. The third-order valence-corrected chi connectivity index (χ3v) is 4.99. The molecule has 0 heterocycles. The first kappa shape index (κ1) is 74.7. The Morgan fingerprint density at radius 1 is 0.489 bits per heavy atom. The van der Waals surface area contributed by atoms with Crippen molar-refractivity contribution < 1.29 is 185 Å². The van der Waals surface area contributed by atoms with E-state index in [1.165, 1.54) is 35.4 Å². The van der Waals surface area contributed by atoms with Crippen LogP contribution in [-0.2, 0) is 160 Å². The molecule has 0 aliphatic rings. The smallest absolute Gasteiger partial charge is 0.400 e. The summed E-state index contributed by atoms with van der Waals surface area (Å²) in [4.78, 5) is 0. The van der Waals surface area contributed by atoms with Gasteiger partial charge in [-0.25, -0.2) is 14.2 Å². The van der Waals surface area contributed by atoms with Crippen molar-refractivity contribution >= 4 is 0 Å². The number of rotatable bonds is 19. The van der Waals surface area contributed by atoms with Crippen LogP contribution in [0.1, 0.15) is 57.4 Å². The molecule has 2 unspecified atom stereocenters. The fraction of sp³-hybridized carbons (Fsp3) is 1.00. The zero-order chi connectivity index (χ0) is 32.4. The quantitative estimate of drug-likeness (QED) is 0.115. The molecule has 3 radical (unpaired) electrons. The molecule has 6 atom stereocenters. The second-order valence-electron chi connectivity index (χ2n) is 7.53. The molecule has 0 aromatic rings. The van der Waals surface area contributed by atoms with Gasteiger partial charge in [0, 0.05) is 183 Å². The predicted octanol–water partition coefficient (Wildman–Crippen LogP) is 1.30. The molecule has 0 bridgehead atoms. The Balaban J connectivity index is -0.0000000947. The van der Waals surface area contributed by atoms with E-state index in [-0.39, 0.29) is 128 Å². The van der Waals surface area contributed by atoms with E-state index < -0.39 is 48.7 Å². The molecule has 47 heavy (non-hydrogen) atoms. The van der Waals surface area contributed by atoms with Crippen molar-refractivity contribution in [1.29, 1.82) is 0 Å². The van der Waals surface area contributed by atoms with E-state index in [1.807, 2.05) is 0 Å². The SMILES string of the molecule is C.C.C.C.CO.COC(O)(O)OC.CO[C@@H](C)C(OC(OC)(OC(C)(OC)OC)O[C@@](O)(OC)O[C@@](C)(O)OC)[C@@H](C)OC.[Y].[Y].[Y]. The van der Waals surface area contributed by atoms with Crippen LogP contribution >= 0.6 is 0 Å². The Bertz CT molecular complexity index is 622. The number of ether oxygens (including phenoxy) is 13. The number of methoxy groups -OCH3 is 9. The molecule has 0 aliphatic heterocycles. The van der Waals surface area contributed by atoms with Crippen molar-refractivity contribution in [2.24, 2.45) is 0 Å². The van der Waals surface area contributed by atoms with E-state index in [9.17, 15) is 10.2 Å². The molecule has 0 saturated carbocycles. The van der Waals surface area contributed by atoms with Crippen LogP contribution in [0.25, 0.3) is 0 Å². The van der Waals surface area contributed by atoms with E-state index in [1.54, 1.807) is 13.8 Å². The van der Waals surface area contributed by atoms with Gasteiger partial charge in [0.1, 0.15) is 6.10 Å². The fourth-order valence-corrected chi connectivity index (χ4v) is 2.23. The minimum absolute atomic E-state index is 0. The third-order valence-electron chi connectivity index (χ3n) is 4.99. The summed E-state index contributed by atoms with van der Waals surface area (Å²) >= 11 is 0. The zero-order valence-electron chi connectivity index (χ0n) is 27.5. The maximum absolute atomic E-state index is 10.7. The molecule has 0 aliphatic carbocycles. The molecule has 0 amide bonds. The van der Waals surface area contributed by atoms with Crippen LogP contribution in [0.5, 0.6) is 0 Å². The third kappa shape index (κ3) is 30.7. The summed E-state index contributed by atoms with van der Waals surface area (Å²) in [5, 5.41) is 44.2. The average molecular weight is 934 g/mol. The Morgan fingerprint density at radius 3 is 1.06 bits per heavy atom. The summed E-state index contributed by atoms with van der Waals surface area (Å²) in [6.45, 7) is 5.84. The molecule has 0 fully saturated rings. The molecular formula is C26H66O18Y3. The summed E-state index contributed by atoms with van der Waals surface area (Å²) < 4.78 is 65.9. The van der Waals surface area contributed by atoms with Gasteiger partial charge in [-0.1, -0.05) is 29.7 Å².